The van der Waals surface area contributed by atoms with Crippen molar-refractivity contribution in [2.75, 3.05) is 13.1 Å². The zero-order chi connectivity index (χ0) is 10.7. The van der Waals surface area contributed by atoms with Crippen molar-refractivity contribution in [3.63, 3.8) is 0 Å². The summed E-state index contributed by atoms with van der Waals surface area (Å²) in [5, 5.41) is 3.02. The molecule has 0 heterocycles. The number of rotatable bonds is 6. The largest absolute Gasteiger partial charge is 0.356 e. The normalized spacial score (nSPS) is 23.3. The Kier molecular flexibility index (Phi) is 3.29. The fourth-order valence-corrected chi connectivity index (χ4v) is 2.36. The van der Waals surface area contributed by atoms with Crippen LogP contribution in [0.4, 0.5) is 0 Å². The number of carbonyl (C=O) groups is 1. The summed E-state index contributed by atoms with van der Waals surface area (Å²) in [7, 11) is 0. The molecule has 0 bridgehead atoms. The predicted octanol–water partition coefficient (Wildman–Crippen LogP) is 1.42. The van der Waals surface area contributed by atoms with E-state index in [9.17, 15) is 4.79 Å². The van der Waals surface area contributed by atoms with Gasteiger partial charge in [0, 0.05) is 13.0 Å². The SMILES string of the molecule is NCC1(CC(=O)NCCC2CC2)CCC1. The van der Waals surface area contributed by atoms with E-state index in [0.717, 1.165) is 25.3 Å². The van der Waals surface area contributed by atoms with Crippen molar-refractivity contribution in [2.45, 2.75) is 44.9 Å². The lowest BCUT2D eigenvalue weighted by molar-refractivity contribution is -0.124. The van der Waals surface area contributed by atoms with Gasteiger partial charge in [-0.2, -0.15) is 0 Å². The van der Waals surface area contributed by atoms with Crippen LogP contribution in [0.15, 0.2) is 0 Å². The molecule has 2 aliphatic rings. The van der Waals surface area contributed by atoms with E-state index in [0.29, 0.717) is 13.0 Å². The van der Waals surface area contributed by atoms with Gasteiger partial charge in [-0.05, 0) is 37.1 Å². The lowest BCUT2D eigenvalue weighted by Crippen LogP contribution is -2.42. The Labute approximate surface area is 91.8 Å². The minimum atomic E-state index is 0.156. The second-order valence-electron chi connectivity index (χ2n) is 5.32. The van der Waals surface area contributed by atoms with Gasteiger partial charge in [0.15, 0.2) is 0 Å². The van der Waals surface area contributed by atoms with Crippen molar-refractivity contribution in [3.05, 3.63) is 0 Å². The van der Waals surface area contributed by atoms with Crippen LogP contribution in [0.1, 0.15) is 44.9 Å². The molecule has 1 amide bonds. The maximum Gasteiger partial charge on any atom is 0.220 e. The summed E-state index contributed by atoms with van der Waals surface area (Å²) < 4.78 is 0. The Hall–Kier alpha value is -0.570. The third-order valence-electron chi connectivity index (χ3n) is 3.95. The molecule has 3 nitrogen and oxygen atoms in total. The highest BCUT2D eigenvalue weighted by molar-refractivity contribution is 5.76. The molecule has 0 aromatic carbocycles. The summed E-state index contributed by atoms with van der Waals surface area (Å²) in [5.41, 5.74) is 5.88. The quantitative estimate of drug-likeness (QED) is 0.696. The summed E-state index contributed by atoms with van der Waals surface area (Å²) in [4.78, 5) is 11.6. The van der Waals surface area contributed by atoms with Crippen molar-refractivity contribution >= 4 is 5.91 Å². The molecular weight excluding hydrogens is 188 g/mol. The van der Waals surface area contributed by atoms with E-state index in [-0.39, 0.29) is 11.3 Å². The Bertz CT molecular complexity index is 226. The van der Waals surface area contributed by atoms with E-state index in [1.807, 2.05) is 0 Å². The van der Waals surface area contributed by atoms with Crippen LogP contribution in [-0.4, -0.2) is 19.0 Å². The molecule has 15 heavy (non-hydrogen) atoms. The number of nitrogens with one attached hydrogen (secondary N) is 1. The Morgan fingerprint density at radius 3 is 2.60 bits per heavy atom. The molecule has 0 unspecified atom stereocenters. The van der Waals surface area contributed by atoms with Gasteiger partial charge in [0.25, 0.3) is 0 Å². The smallest absolute Gasteiger partial charge is 0.220 e. The van der Waals surface area contributed by atoms with Crippen LogP contribution in [0.2, 0.25) is 0 Å². The van der Waals surface area contributed by atoms with Gasteiger partial charge in [0.1, 0.15) is 0 Å². The molecule has 0 radical (unpaired) electrons. The second-order valence-corrected chi connectivity index (χ2v) is 5.32. The minimum absolute atomic E-state index is 0.156. The van der Waals surface area contributed by atoms with E-state index < -0.39 is 0 Å². The first-order valence-electron chi connectivity index (χ1n) is 6.21. The van der Waals surface area contributed by atoms with E-state index in [1.165, 1.54) is 25.7 Å². The van der Waals surface area contributed by atoms with Crippen molar-refractivity contribution in [3.8, 4) is 0 Å². The van der Waals surface area contributed by atoms with Crippen LogP contribution < -0.4 is 11.1 Å². The van der Waals surface area contributed by atoms with Crippen LogP contribution in [0.5, 0.6) is 0 Å². The number of hydrogen-bond donors (Lipinski definition) is 2. The number of carbonyl (C=O) groups excluding carboxylic acids is 1. The molecule has 0 spiro atoms. The first-order chi connectivity index (χ1) is 7.24. The van der Waals surface area contributed by atoms with Gasteiger partial charge in [-0.3, -0.25) is 4.79 Å². The highest BCUT2D eigenvalue weighted by Gasteiger charge is 2.37. The van der Waals surface area contributed by atoms with Crippen LogP contribution in [0.3, 0.4) is 0 Å². The standard InChI is InChI=1S/C12H22N2O/c13-9-12(5-1-6-12)8-11(15)14-7-4-10-2-3-10/h10H,1-9,13H2,(H,14,15). The summed E-state index contributed by atoms with van der Waals surface area (Å²) in [5.74, 6) is 1.11. The third-order valence-corrected chi connectivity index (χ3v) is 3.95. The fraction of sp³-hybridized carbons (Fsp3) is 0.917. The average Bonchev–Trinajstić information content (AvgIpc) is 2.95. The van der Waals surface area contributed by atoms with Crippen LogP contribution in [0, 0.1) is 11.3 Å². The zero-order valence-electron chi connectivity index (χ0n) is 9.43. The predicted molar refractivity (Wildman–Crippen MR) is 60.3 cm³/mol. The maximum absolute atomic E-state index is 11.6. The van der Waals surface area contributed by atoms with Crippen LogP contribution in [-0.2, 0) is 4.79 Å². The lowest BCUT2D eigenvalue weighted by Gasteiger charge is -2.40. The molecular formula is C12H22N2O. The van der Waals surface area contributed by atoms with Gasteiger partial charge >= 0.3 is 0 Å². The Morgan fingerprint density at radius 2 is 2.13 bits per heavy atom. The number of nitrogens with two attached hydrogens (primary N) is 1. The van der Waals surface area contributed by atoms with Gasteiger partial charge in [0.2, 0.25) is 5.91 Å². The van der Waals surface area contributed by atoms with Crippen molar-refractivity contribution < 1.29 is 4.79 Å². The number of hydrogen-bond acceptors (Lipinski definition) is 2. The van der Waals surface area contributed by atoms with Crippen molar-refractivity contribution in [1.29, 1.82) is 0 Å². The molecule has 3 heteroatoms. The van der Waals surface area contributed by atoms with Gasteiger partial charge in [-0.25, -0.2) is 0 Å². The summed E-state index contributed by atoms with van der Waals surface area (Å²) >= 11 is 0. The minimum Gasteiger partial charge on any atom is -0.356 e. The fourth-order valence-electron chi connectivity index (χ4n) is 2.36. The van der Waals surface area contributed by atoms with Gasteiger partial charge in [-0.1, -0.05) is 19.3 Å². The molecule has 2 aliphatic carbocycles. The zero-order valence-corrected chi connectivity index (χ0v) is 9.43. The molecule has 2 saturated carbocycles. The van der Waals surface area contributed by atoms with Gasteiger partial charge in [-0.15, -0.1) is 0 Å². The maximum atomic E-state index is 11.6. The monoisotopic (exact) mass is 210 g/mol. The van der Waals surface area contributed by atoms with E-state index in [4.69, 9.17) is 5.73 Å². The van der Waals surface area contributed by atoms with Gasteiger partial charge < -0.3 is 11.1 Å². The van der Waals surface area contributed by atoms with E-state index >= 15 is 0 Å². The summed E-state index contributed by atoms with van der Waals surface area (Å²) in [6.07, 6.45) is 8.06. The van der Waals surface area contributed by atoms with Crippen LogP contribution >= 0.6 is 0 Å². The summed E-state index contributed by atoms with van der Waals surface area (Å²) in [6.45, 7) is 1.53. The molecule has 0 aromatic rings. The molecule has 0 aliphatic heterocycles. The number of amides is 1. The molecule has 3 N–H and O–H groups in total. The highest BCUT2D eigenvalue weighted by Crippen LogP contribution is 2.42. The first-order valence-corrected chi connectivity index (χ1v) is 6.21. The molecule has 0 saturated heterocycles. The molecule has 2 rings (SSSR count). The molecule has 2 fully saturated rings. The summed E-state index contributed by atoms with van der Waals surface area (Å²) in [6, 6.07) is 0. The molecule has 86 valence electrons. The van der Waals surface area contributed by atoms with E-state index in [2.05, 4.69) is 5.32 Å². The average molecular weight is 210 g/mol. The Balaban J connectivity index is 1.62. The van der Waals surface area contributed by atoms with Crippen molar-refractivity contribution in [1.82, 2.24) is 5.32 Å². The lowest BCUT2D eigenvalue weighted by atomic mass is 9.66. The second kappa shape index (κ2) is 4.52. The van der Waals surface area contributed by atoms with Crippen molar-refractivity contribution in [2.24, 2.45) is 17.1 Å². The topological polar surface area (TPSA) is 55.1 Å². The van der Waals surface area contributed by atoms with Gasteiger partial charge in [0.05, 0.1) is 0 Å². The Morgan fingerprint density at radius 1 is 1.40 bits per heavy atom. The molecule has 0 atom stereocenters. The highest BCUT2D eigenvalue weighted by atomic mass is 16.1. The third kappa shape index (κ3) is 2.94. The van der Waals surface area contributed by atoms with E-state index in [1.54, 1.807) is 0 Å². The first kappa shape index (κ1) is 10.9. The van der Waals surface area contributed by atoms with Crippen LogP contribution in [0.25, 0.3) is 0 Å². The molecule has 0 aromatic heterocycles.